The average molecular weight is 353 g/mol. The molecule has 0 fully saturated rings. The molecule has 1 aliphatic carbocycles. The minimum absolute atomic E-state index is 0.353. The maximum atomic E-state index is 6.20. The van der Waals surface area contributed by atoms with Crippen LogP contribution >= 0.6 is 35.1 Å². The molecule has 0 spiro atoms. The number of rotatable bonds is 3. The van der Waals surface area contributed by atoms with Crippen LogP contribution in [0.2, 0.25) is 10.0 Å². The zero-order chi connectivity index (χ0) is 15.7. The van der Waals surface area contributed by atoms with Gasteiger partial charge in [-0.3, -0.25) is 5.14 Å². The fraction of sp³-hybridized carbons (Fsp3) is 0.294. The molecule has 5 heteroatoms. The van der Waals surface area contributed by atoms with Crippen molar-refractivity contribution >= 4 is 35.1 Å². The highest BCUT2D eigenvalue weighted by Gasteiger charge is 2.28. The second-order valence-corrected chi connectivity index (χ2v) is 7.07. The van der Waals surface area contributed by atoms with E-state index in [4.69, 9.17) is 28.3 Å². The molecule has 0 amide bonds. The molecule has 2 nitrogen and oxygen atoms in total. The molecule has 0 radical (unpaired) electrons. The maximum absolute atomic E-state index is 6.20. The van der Waals surface area contributed by atoms with Gasteiger partial charge in [-0.1, -0.05) is 35.3 Å². The van der Waals surface area contributed by atoms with Crippen LogP contribution in [0.25, 0.3) is 0 Å². The Kier molecular flexibility index (Phi) is 5.00. The second-order valence-electron chi connectivity index (χ2n) is 5.55. The van der Waals surface area contributed by atoms with E-state index in [1.807, 2.05) is 19.2 Å². The molecule has 0 unspecified atom stereocenters. The lowest BCUT2D eigenvalue weighted by molar-refractivity contribution is 0.470. The van der Waals surface area contributed by atoms with Gasteiger partial charge in [0, 0.05) is 16.9 Å². The SMILES string of the molecule is CN[C@H]1CC[C@@H](c2ccc(Cl)c(Cl)c2)c2ccc(SN)cc21. The van der Waals surface area contributed by atoms with Crippen LogP contribution in [0.5, 0.6) is 0 Å². The van der Waals surface area contributed by atoms with Crippen LogP contribution in [0.4, 0.5) is 0 Å². The van der Waals surface area contributed by atoms with Crippen LogP contribution < -0.4 is 10.5 Å². The largest absolute Gasteiger partial charge is 0.313 e. The smallest absolute Gasteiger partial charge is 0.0595 e. The van der Waals surface area contributed by atoms with Crippen molar-refractivity contribution < 1.29 is 0 Å². The third-order valence-electron chi connectivity index (χ3n) is 4.38. The van der Waals surface area contributed by atoms with E-state index in [1.165, 1.54) is 28.6 Å². The summed E-state index contributed by atoms with van der Waals surface area (Å²) in [4.78, 5) is 1.09. The predicted octanol–water partition coefficient (Wildman–Crippen LogP) is 5.15. The Balaban J connectivity index is 2.06. The molecule has 3 rings (SSSR count). The number of halogens is 2. The number of nitrogens with one attached hydrogen (secondary N) is 1. The van der Waals surface area contributed by atoms with Crippen LogP contribution in [0.3, 0.4) is 0 Å². The third-order valence-corrected chi connectivity index (χ3v) is 5.65. The van der Waals surface area contributed by atoms with Crippen molar-refractivity contribution in [3.05, 3.63) is 63.1 Å². The number of benzene rings is 2. The highest BCUT2D eigenvalue weighted by atomic mass is 35.5. The summed E-state index contributed by atoms with van der Waals surface area (Å²) in [6.07, 6.45) is 2.18. The van der Waals surface area contributed by atoms with E-state index in [0.717, 1.165) is 17.7 Å². The Bertz CT molecular complexity index is 690. The fourth-order valence-electron chi connectivity index (χ4n) is 3.26. The summed E-state index contributed by atoms with van der Waals surface area (Å²) in [6.45, 7) is 0. The van der Waals surface area contributed by atoms with Crippen molar-refractivity contribution in [1.82, 2.24) is 5.32 Å². The lowest BCUT2D eigenvalue weighted by atomic mass is 9.77. The van der Waals surface area contributed by atoms with Crippen molar-refractivity contribution in [1.29, 1.82) is 0 Å². The standard InChI is InChI=1S/C17H18Cl2N2S/c1-21-17-7-5-12(10-2-6-15(18)16(19)8-10)13-4-3-11(22-20)9-14(13)17/h2-4,6,8-9,12,17,21H,5,7,20H2,1H3/t12-,17-/m0/s1. The zero-order valence-corrected chi connectivity index (χ0v) is 14.6. The van der Waals surface area contributed by atoms with Crippen LogP contribution in [-0.4, -0.2) is 7.05 Å². The zero-order valence-electron chi connectivity index (χ0n) is 12.3. The van der Waals surface area contributed by atoms with Gasteiger partial charge in [0.15, 0.2) is 0 Å². The molecule has 116 valence electrons. The Morgan fingerprint density at radius 3 is 2.55 bits per heavy atom. The highest BCUT2D eigenvalue weighted by molar-refractivity contribution is 7.97. The Morgan fingerprint density at radius 2 is 1.86 bits per heavy atom. The lowest BCUT2D eigenvalue weighted by Crippen LogP contribution is -2.24. The third kappa shape index (κ3) is 3.01. The molecular weight excluding hydrogens is 335 g/mol. The van der Waals surface area contributed by atoms with Gasteiger partial charge in [0.05, 0.1) is 10.0 Å². The number of hydrogen-bond acceptors (Lipinski definition) is 3. The van der Waals surface area contributed by atoms with E-state index in [1.54, 1.807) is 0 Å². The number of fused-ring (bicyclic) bond motifs is 1. The van der Waals surface area contributed by atoms with E-state index in [9.17, 15) is 0 Å². The summed E-state index contributed by atoms with van der Waals surface area (Å²) >= 11 is 13.5. The van der Waals surface area contributed by atoms with Gasteiger partial charge >= 0.3 is 0 Å². The molecule has 0 heterocycles. The first kappa shape index (κ1) is 16.2. The van der Waals surface area contributed by atoms with Gasteiger partial charge < -0.3 is 5.32 Å². The summed E-state index contributed by atoms with van der Waals surface area (Å²) in [5, 5.41) is 10.3. The Labute approximate surface area is 145 Å². The van der Waals surface area contributed by atoms with Gasteiger partial charge in [0.1, 0.15) is 0 Å². The van der Waals surface area contributed by atoms with Crippen LogP contribution in [0.1, 0.15) is 41.5 Å². The molecule has 0 bridgehead atoms. The molecular formula is C17H18Cl2N2S. The Morgan fingerprint density at radius 1 is 1.05 bits per heavy atom. The first-order valence-corrected chi connectivity index (χ1v) is 8.90. The Hall–Kier alpha value is -0.710. The van der Waals surface area contributed by atoms with Crippen LogP contribution in [0.15, 0.2) is 41.3 Å². The van der Waals surface area contributed by atoms with Crippen LogP contribution in [-0.2, 0) is 0 Å². The van der Waals surface area contributed by atoms with E-state index < -0.39 is 0 Å². The fourth-order valence-corrected chi connectivity index (χ4v) is 3.91. The lowest BCUT2D eigenvalue weighted by Gasteiger charge is -2.32. The topological polar surface area (TPSA) is 38.0 Å². The molecule has 0 saturated heterocycles. The highest BCUT2D eigenvalue weighted by Crippen LogP contribution is 2.43. The molecule has 0 aromatic heterocycles. The van der Waals surface area contributed by atoms with Crippen molar-refractivity contribution in [2.24, 2.45) is 5.14 Å². The minimum atomic E-state index is 0.353. The molecule has 0 saturated carbocycles. The average Bonchev–Trinajstić information content (AvgIpc) is 2.55. The monoisotopic (exact) mass is 352 g/mol. The van der Waals surface area contributed by atoms with Crippen molar-refractivity contribution in [2.75, 3.05) is 7.05 Å². The van der Waals surface area contributed by atoms with Crippen molar-refractivity contribution in [3.8, 4) is 0 Å². The summed E-state index contributed by atoms with van der Waals surface area (Å²) in [5.74, 6) is 0.353. The van der Waals surface area contributed by atoms with E-state index in [-0.39, 0.29) is 0 Å². The summed E-state index contributed by atoms with van der Waals surface area (Å²) in [5.41, 5.74) is 3.90. The maximum Gasteiger partial charge on any atom is 0.0595 e. The number of nitrogens with two attached hydrogens (primary N) is 1. The van der Waals surface area contributed by atoms with Gasteiger partial charge in [0.25, 0.3) is 0 Å². The summed E-state index contributed by atoms with van der Waals surface area (Å²) in [6, 6.07) is 12.8. The van der Waals surface area contributed by atoms with Crippen molar-refractivity contribution in [2.45, 2.75) is 29.7 Å². The quantitative estimate of drug-likeness (QED) is 0.750. The van der Waals surface area contributed by atoms with Gasteiger partial charge in [-0.15, -0.1) is 0 Å². The van der Waals surface area contributed by atoms with Gasteiger partial charge in [-0.25, -0.2) is 0 Å². The van der Waals surface area contributed by atoms with Gasteiger partial charge in [-0.2, -0.15) is 0 Å². The normalized spacial score (nSPS) is 20.7. The van der Waals surface area contributed by atoms with E-state index in [2.05, 4.69) is 29.6 Å². The first-order chi connectivity index (χ1) is 10.6. The molecule has 2 aromatic carbocycles. The van der Waals surface area contributed by atoms with Crippen molar-refractivity contribution in [3.63, 3.8) is 0 Å². The summed E-state index contributed by atoms with van der Waals surface area (Å²) < 4.78 is 0. The second kappa shape index (κ2) is 6.81. The first-order valence-electron chi connectivity index (χ1n) is 7.27. The minimum Gasteiger partial charge on any atom is -0.313 e. The van der Waals surface area contributed by atoms with Gasteiger partial charge in [-0.05, 0) is 72.8 Å². The molecule has 0 aliphatic heterocycles. The van der Waals surface area contributed by atoms with Gasteiger partial charge in [0.2, 0.25) is 0 Å². The molecule has 1 aliphatic rings. The van der Waals surface area contributed by atoms with Crippen LogP contribution in [0, 0.1) is 0 Å². The molecule has 3 N–H and O–H groups in total. The predicted molar refractivity (Wildman–Crippen MR) is 95.8 cm³/mol. The molecule has 22 heavy (non-hydrogen) atoms. The number of hydrogen-bond donors (Lipinski definition) is 2. The molecule has 2 atom stereocenters. The summed E-state index contributed by atoms with van der Waals surface area (Å²) in [7, 11) is 2.01. The van der Waals surface area contributed by atoms with E-state index >= 15 is 0 Å². The molecule has 2 aromatic rings. The van der Waals surface area contributed by atoms with E-state index in [0.29, 0.717) is 22.0 Å².